The number of rotatable bonds is 3. The van der Waals surface area contributed by atoms with E-state index in [2.05, 4.69) is 26.1 Å². The molecule has 2 aromatic rings. The van der Waals surface area contributed by atoms with Gasteiger partial charge in [-0.3, -0.25) is 0 Å². The van der Waals surface area contributed by atoms with E-state index in [4.69, 9.17) is 9.97 Å². The standard InChI is InChI=1S/C16H23N3S/c1-4-13-18-15(17-12-8-6-5-7-9-12)14-10(2)11(3)20-16(14)19-13/h12H,4-9H2,1-3H3,(H,17,18,19). The number of nitrogens with one attached hydrogen (secondary N) is 1. The van der Waals surface area contributed by atoms with Crippen molar-refractivity contribution in [3.05, 3.63) is 16.3 Å². The van der Waals surface area contributed by atoms with Gasteiger partial charge in [0.25, 0.3) is 0 Å². The summed E-state index contributed by atoms with van der Waals surface area (Å²) in [4.78, 5) is 12.0. The summed E-state index contributed by atoms with van der Waals surface area (Å²) in [7, 11) is 0. The van der Waals surface area contributed by atoms with Gasteiger partial charge in [-0.15, -0.1) is 11.3 Å². The smallest absolute Gasteiger partial charge is 0.139 e. The summed E-state index contributed by atoms with van der Waals surface area (Å²) in [5.41, 5.74) is 1.34. The highest BCUT2D eigenvalue weighted by Gasteiger charge is 2.18. The fraction of sp³-hybridized carbons (Fsp3) is 0.625. The molecule has 0 unspecified atom stereocenters. The third kappa shape index (κ3) is 2.53. The lowest BCUT2D eigenvalue weighted by atomic mass is 9.95. The van der Waals surface area contributed by atoms with Crippen molar-refractivity contribution >= 4 is 27.4 Å². The number of fused-ring (bicyclic) bond motifs is 1. The number of nitrogens with zero attached hydrogens (tertiary/aromatic N) is 2. The predicted octanol–water partition coefficient (Wildman–Crippen LogP) is 4.62. The predicted molar refractivity (Wildman–Crippen MR) is 86.8 cm³/mol. The van der Waals surface area contributed by atoms with Crippen LogP contribution in [0.1, 0.15) is 55.3 Å². The van der Waals surface area contributed by atoms with E-state index in [1.165, 1.54) is 47.9 Å². The molecule has 4 heteroatoms. The third-order valence-electron chi connectivity index (χ3n) is 4.34. The van der Waals surface area contributed by atoms with E-state index in [0.29, 0.717) is 6.04 Å². The van der Waals surface area contributed by atoms with Crippen LogP contribution in [-0.2, 0) is 6.42 Å². The van der Waals surface area contributed by atoms with Crippen molar-refractivity contribution in [2.24, 2.45) is 0 Å². The van der Waals surface area contributed by atoms with Crippen molar-refractivity contribution < 1.29 is 0 Å². The van der Waals surface area contributed by atoms with E-state index in [0.717, 1.165) is 22.9 Å². The molecule has 0 aliphatic heterocycles. The van der Waals surface area contributed by atoms with Gasteiger partial charge in [0.15, 0.2) is 0 Å². The van der Waals surface area contributed by atoms with Gasteiger partial charge >= 0.3 is 0 Å². The summed E-state index contributed by atoms with van der Waals surface area (Å²) >= 11 is 1.79. The minimum Gasteiger partial charge on any atom is -0.367 e. The van der Waals surface area contributed by atoms with Crippen LogP contribution in [0, 0.1) is 13.8 Å². The highest BCUT2D eigenvalue weighted by molar-refractivity contribution is 7.18. The molecule has 1 aliphatic rings. The zero-order valence-corrected chi connectivity index (χ0v) is 13.4. The van der Waals surface area contributed by atoms with Gasteiger partial charge in [0.1, 0.15) is 16.5 Å². The lowest BCUT2D eigenvalue weighted by Gasteiger charge is -2.24. The summed E-state index contributed by atoms with van der Waals surface area (Å²) in [5, 5.41) is 4.95. The first-order valence-corrected chi connectivity index (χ1v) is 8.54. The van der Waals surface area contributed by atoms with Gasteiger partial charge in [-0.1, -0.05) is 26.2 Å². The average molecular weight is 289 g/mol. The number of hydrogen-bond acceptors (Lipinski definition) is 4. The molecule has 1 N–H and O–H groups in total. The Labute approximate surface area is 124 Å². The molecule has 20 heavy (non-hydrogen) atoms. The molecule has 2 aromatic heterocycles. The molecule has 0 atom stereocenters. The zero-order chi connectivity index (χ0) is 14.1. The number of anilines is 1. The van der Waals surface area contributed by atoms with Crippen molar-refractivity contribution in [2.75, 3.05) is 5.32 Å². The lowest BCUT2D eigenvalue weighted by Crippen LogP contribution is -2.23. The molecule has 1 fully saturated rings. The van der Waals surface area contributed by atoms with Crippen LogP contribution in [0.5, 0.6) is 0 Å². The largest absolute Gasteiger partial charge is 0.367 e. The highest BCUT2D eigenvalue weighted by atomic mass is 32.1. The van der Waals surface area contributed by atoms with Crippen molar-refractivity contribution in [3.8, 4) is 0 Å². The molecule has 0 bridgehead atoms. The monoisotopic (exact) mass is 289 g/mol. The maximum Gasteiger partial charge on any atom is 0.139 e. The number of hydrogen-bond donors (Lipinski definition) is 1. The summed E-state index contributed by atoms with van der Waals surface area (Å²) in [6.45, 7) is 6.49. The van der Waals surface area contributed by atoms with Gasteiger partial charge < -0.3 is 5.32 Å². The van der Waals surface area contributed by atoms with Crippen LogP contribution >= 0.6 is 11.3 Å². The Morgan fingerprint density at radius 1 is 1.15 bits per heavy atom. The van der Waals surface area contributed by atoms with Gasteiger partial charge in [-0.25, -0.2) is 9.97 Å². The van der Waals surface area contributed by atoms with Crippen molar-refractivity contribution in [1.29, 1.82) is 0 Å². The van der Waals surface area contributed by atoms with Crippen LogP contribution in [0.2, 0.25) is 0 Å². The van der Waals surface area contributed by atoms with Gasteiger partial charge in [0.2, 0.25) is 0 Å². The van der Waals surface area contributed by atoms with E-state index in [1.54, 1.807) is 11.3 Å². The maximum atomic E-state index is 4.77. The second-order valence-corrected chi connectivity index (χ2v) is 6.99. The average Bonchev–Trinajstić information content (AvgIpc) is 2.75. The Bertz CT molecular complexity index is 612. The summed E-state index contributed by atoms with van der Waals surface area (Å²) in [6, 6.07) is 0.589. The molecule has 0 aromatic carbocycles. The Morgan fingerprint density at radius 2 is 1.90 bits per heavy atom. The maximum absolute atomic E-state index is 4.77. The third-order valence-corrected chi connectivity index (χ3v) is 5.44. The minimum absolute atomic E-state index is 0.589. The molecule has 0 spiro atoms. The molecular weight excluding hydrogens is 266 g/mol. The molecule has 108 valence electrons. The van der Waals surface area contributed by atoms with Crippen LogP contribution in [-0.4, -0.2) is 16.0 Å². The highest BCUT2D eigenvalue weighted by Crippen LogP contribution is 2.34. The van der Waals surface area contributed by atoms with Crippen LogP contribution in [0.25, 0.3) is 10.2 Å². The SMILES string of the molecule is CCc1nc(NC2CCCCC2)c2c(C)c(C)sc2n1. The summed E-state index contributed by atoms with van der Waals surface area (Å²) < 4.78 is 0. The number of thiophene rings is 1. The van der Waals surface area contributed by atoms with Crippen molar-refractivity contribution in [3.63, 3.8) is 0 Å². The fourth-order valence-electron chi connectivity index (χ4n) is 3.00. The summed E-state index contributed by atoms with van der Waals surface area (Å²) in [6.07, 6.45) is 7.51. The summed E-state index contributed by atoms with van der Waals surface area (Å²) in [5.74, 6) is 2.03. The zero-order valence-electron chi connectivity index (χ0n) is 12.6. The second-order valence-electron chi connectivity index (χ2n) is 5.78. The van der Waals surface area contributed by atoms with Gasteiger partial charge in [-0.2, -0.15) is 0 Å². The van der Waals surface area contributed by atoms with Crippen LogP contribution in [0.4, 0.5) is 5.82 Å². The topological polar surface area (TPSA) is 37.8 Å². The van der Waals surface area contributed by atoms with E-state index < -0.39 is 0 Å². The normalized spacial score (nSPS) is 16.8. The van der Waals surface area contributed by atoms with Crippen LogP contribution < -0.4 is 5.32 Å². The molecule has 3 rings (SSSR count). The molecule has 0 saturated heterocycles. The van der Waals surface area contributed by atoms with E-state index in [1.807, 2.05) is 0 Å². The molecule has 1 saturated carbocycles. The molecule has 0 amide bonds. The molecule has 1 aliphatic carbocycles. The van der Waals surface area contributed by atoms with E-state index in [9.17, 15) is 0 Å². The first kappa shape index (κ1) is 13.8. The van der Waals surface area contributed by atoms with E-state index in [-0.39, 0.29) is 0 Å². The molecule has 0 radical (unpaired) electrons. The Balaban J connectivity index is 2.02. The minimum atomic E-state index is 0.589. The van der Waals surface area contributed by atoms with Crippen LogP contribution in [0.15, 0.2) is 0 Å². The Morgan fingerprint density at radius 3 is 2.60 bits per heavy atom. The second kappa shape index (κ2) is 5.68. The number of aryl methyl sites for hydroxylation is 3. The quantitative estimate of drug-likeness (QED) is 0.896. The Kier molecular flexibility index (Phi) is 3.92. The van der Waals surface area contributed by atoms with Crippen molar-refractivity contribution in [2.45, 2.75) is 65.3 Å². The lowest BCUT2D eigenvalue weighted by molar-refractivity contribution is 0.462. The van der Waals surface area contributed by atoms with E-state index >= 15 is 0 Å². The Hall–Kier alpha value is -1.16. The fourth-order valence-corrected chi connectivity index (χ4v) is 4.04. The van der Waals surface area contributed by atoms with Gasteiger partial charge in [0, 0.05) is 17.3 Å². The first-order chi connectivity index (χ1) is 9.69. The first-order valence-electron chi connectivity index (χ1n) is 7.72. The molecule has 3 nitrogen and oxygen atoms in total. The molecular formula is C16H23N3S. The van der Waals surface area contributed by atoms with Crippen molar-refractivity contribution in [1.82, 2.24) is 9.97 Å². The van der Waals surface area contributed by atoms with Gasteiger partial charge in [-0.05, 0) is 32.3 Å². The number of aromatic nitrogens is 2. The molecule has 2 heterocycles. The van der Waals surface area contributed by atoms with Gasteiger partial charge in [0.05, 0.1) is 5.39 Å². The van der Waals surface area contributed by atoms with Crippen LogP contribution in [0.3, 0.4) is 0 Å².